The number of nitrogens with one attached hydrogen (secondary N) is 1. The number of fused-ring (bicyclic) bond motifs is 1. The molecular weight excluding hydrogens is 305 g/mol. The minimum absolute atomic E-state index is 0.0860. The second kappa shape index (κ2) is 5.96. The minimum Gasteiger partial charge on any atom is -0.352 e. The van der Waals surface area contributed by atoms with Crippen molar-refractivity contribution in [3.8, 4) is 0 Å². The summed E-state index contributed by atoms with van der Waals surface area (Å²) in [5.41, 5.74) is -0.559. The number of rotatable bonds is 2. The number of hydrogen-bond donors (Lipinski definition) is 1. The van der Waals surface area contributed by atoms with E-state index in [1.54, 1.807) is 12.3 Å². The van der Waals surface area contributed by atoms with E-state index in [1.807, 2.05) is 4.90 Å². The highest BCUT2D eigenvalue weighted by Gasteiger charge is 2.33. The van der Waals surface area contributed by atoms with Crippen LogP contribution >= 0.6 is 0 Å². The van der Waals surface area contributed by atoms with Gasteiger partial charge in [0, 0.05) is 25.7 Å². The van der Waals surface area contributed by atoms with Crippen LogP contribution in [0.4, 0.5) is 19.0 Å². The molecule has 0 amide bonds. The van der Waals surface area contributed by atoms with E-state index in [4.69, 9.17) is 0 Å². The first-order valence-corrected chi connectivity index (χ1v) is 7.67. The van der Waals surface area contributed by atoms with Crippen molar-refractivity contribution in [3.05, 3.63) is 30.0 Å². The molecule has 0 saturated carbocycles. The van der Waals surface area contributed by atoms with E-state index in [0.717, 1.165) is 12.6 Å². The van der Waals surface area contributed by atoms with Gasteiger partial charge in [-0.15, -0.1) is 0 Å². The molecule has 0 unspecified atom stereocenters. The van der Waals surface area contributed by atoms with E-state index >= 15 is 0 Å². The third-order valence-corrected chi connectivity index (χ3v) is 4.20. The Bertz CT molecular complexity index is 699. The Kier molecular flexibility index (Phi) is 4.14. The molecule has 1 saturated heterocycles. The average molecular weight is 324 g/mol. The molecule has 1 aliphatic heterocycles. The first-order chi connectivity index (χ1) is 10.9. The molecule has 2 aromatic rings. The van der Waals surface area contributed by atoms with Crippen molar-refractivity contribution in [1.29, 1.82) is 0 Å². The van der Waals surface area contributed by atoms with Gasteiger partial charge in [0.25, 0.3) is 0 Å². The average Bonchev–Trinajstić information content (AvgIpc) is 2.53. The van der Waals surface area contributed by atoms with Crippen molar-refractivity contribution in [2.75, 3.05) is 24.5 Å². The van der Waals surface area contributed by atoms with Crippen molar-refractivity contribution >= 4 is 16.9 Å². The van der Waals surface area contributed by atoms with Gasteiger partial charge in [0.05, 0.1) is 17.3 Å². The summed E-state index contributed by atoms with van der Waals surface area (Å²) < 4.78 is 39.5. The maximum absolute atomic E-state index is 13.2. The fourth-order valence-electron chi connectivity index (χ4n) is 2.84. The molecule has 0 radical (unpaired) electrons. The van der Waals surface area contributed by atoms with Gasteiger partial charge in [0.1, 0.15) is 11.3 Å². The number of para-hydroxylation sites is 1. The van der Waals surface area contributed by atoms with E-state index in [2.05, 4.69) is 29.1 Å². The molecule has 1 aliphatic rings. The predicted molar refractivity (Wildman–Crippen MR) is 83.4 cm³/mol. The quantitative estimate of drug-likeness (QED) is 0.922. The smallest absolute Gasteiger partial charge is 0.352 e. The Morgan fingerprint density at radius 2 is 2.09 bits per heavy atom. The lowest BCUT2D eigenvalue weighted by molar-refractivity contribution is -0.136. The highest BCUT2D eigenvalue weighted by atomic mass is 19.4. The van der Waals surface area contributed by atoms with Crippen LogP contribution in [0.1, 0.15) is 19.4 Å². The van der Waals surface area contributed by atoms with Gasteiger partial charge >= 0.3 is 6.18 Å². The Morgan fingerprint density at radius 1 is 1.30 bits per heavy atom. The van der Waals surface area contributed by atoms with E-state index in [1.165, 1.54) is 6.07 Å². The fourth-order valence-corrected chi connectivity index (χ4v) is 2.84. The summed E-state index contributed by atoms with van der Waals surface area (Å²) in [6, 6.07) is 4.25. The summed E-state index contributed by atoms with van der Waals surface area (Å²) >= 11 is 0. The van der Waals surface area contributed by atoms with Crippen LogP contribution in [0.15, 0.2) is 24.4 Å². The summed E-state index contributed by atoms with van der Waals surface area (Å²) in [4.78, 5) is 10.5. The van der Waals surface area contributed by atoms with Gasteiger partial charge < -0.3 is 10.2 Å². The number of halogens is 3. The van der Waals surface area contributed by atoms with E-state index in [-0.39, 0.29) is 11.0 Å². The summed E-state index contributed by atoms with van der Waals surface area (Å²) in [5, 5.41) is 3.42. The lowest BCUT2D eigenvalue weighted by Crippen LogP contribution is -2.53. The maximum Gasteiger partial charge on any atom is 0.418 e. The van der Waals surface area contributed by atoms with Gasteiger partial charge in [0.2, 0.25) is 0 Å². The van der Waals surface area contributed by atoms with E-state index < -0.39 is 11.7 Å². The van der Waals surface area contributed by atoms with Crippen LogP contribution in [0.2, 0.25) is 0 Å². The van der Waals surface area contributed by atoms with Crippen LogP contribution in [-0.2, 0) is 6.18 Å². The molecule has 1 N–H and O–H groups in total. The zero-order chi connectivity index (χ0) is 16.6. The summed E-state index contributed by atoms with van der Waals surface area (Å²) in [5.74, 6) is 0.943. The van der Waals surface area contributed by atoms with Gasteiger partial charge in [-0.25, -0.2) is 4.98 Å². The van der Waals surface area contributed by atoms with Crippen LogP contribution in [0, 0.1) is 5.92 Å². The lowest BCUT2D eigenvalue weighted by Gasteiger charge is -2.36. The first-order valence-electron chi connectivity index (χ1n) is 7.67. The van der Waals surface area contributed by atoms with Crippen LogP contribution in [0.5, 0.6) is 0 Å². The number of anilines is 1. The molecule has 0 spiro atoms. The number of aromatic nitrogens is 2. The zero-order valence-corrected chi connectivity index (χ0v) is 13.1. The molecule has 124 valence electrons. The molecule has 1 atom stereocenters. The number of piperazine rings is 1. The van der Waals surface area contributed by atoms with Crippen LogP contribution in [0.3, 0.4) is 0 Å². The lowest BCUT2D eigenvalue weighted by atomic mass is 10.0. The number of alkyl halides is 3. The van der Waals surface area contributed by atoms with Crippen LogP contribution in [-0.4, -0.2) is 35.6 Å². The Balaban J connectivity index is 1.99. The molecule has 7 heteroatoms. The third kappa shape index (κ3) is 3.24. The monoisotopic (exact) mass is 324 g/mol. The number of nitrogens with zero attached hydrogens (tertiary/aromatic N) is 3. The predicted octanol–water partition coefficient (Wildman–Crippen LogP) is 3.08. The Labute approximate surface area is 132 Å². The van der Waals surface area contributed by atoms with E-state index in [0.29, 0.717) is 30.9 Å². The molecule has 0 aliphatic carbocycles. The van der Waals surface area contributed by atoms with Crippen molar-refractivity contribution in [3.63, 3.8) is 0 Å². The maximum atomic E-state index is 13.2. The number of benzene rings is 1. The molecule has 1 aromatic carbocycles. The molecular formula is C16H19F3N4. The highest BCUT2D eigenvalue weighted by Crippen LogP contribution is 2.34. The molecule has 1 aromatic heterocycles. The fraction of sp³-hybridized carbons (Fsp3) is 0.500. The van der Waals surface area contributed by atoms with Crippen LogP contribution < -0.4 is 10.2 Å². The zero-order valence-electron chi connectivity index (χ0n) is 13.1. The second-order valence-corrected chi connectivity index (χ2v) is 6.15. The molecule has 4 nitrogen and oxygen atoms in total. The minimum atomic E-state index is -4.43. The van der Waals surface area contributed by atoms with Crippen molar-refractivity contribution in [2.24, 2.45) is 5.92 Å². The van der Waals surface area contributed by atoms with Crippen molar-refractivity contribution in [1.82, 2.24) is 15.3 Å². The van der Waals surface area contributed by atoms with Gasteiger partial charge in [-0.1, -0.05) is 19.9 Å². The third-order valence-electron chi connectivity index (χ3n) is 4.20. The largest absolute Gasteiger partial charge is 0.418 e. The van der Waals surface area contributed by atoms with Gasteiger partial charge in [-0.2, -0.15) is 13.2 Å². The molecule has 3 rings (SSSR count). The second-order valence-electron chi connectivity index (χ2n) is 6.15. The molecule has 2 heterocycles. The first kappa shape index (κ1) is 16.0. The van der Waals surface area contributed by atoms with Crippen molar-refractivity contribution < 1.29 is 13.2 Å². The van der Waals surface area contributed by atoms with Gasteiger partial charge in [0.15, 0.2) is 0 Å². The number of hydrogen-bond acceptors (Lipinski definition) is 4. The molecule has 23 heavy (non-hydrogen) atoms. The van der Waals surface area contributed by atoms with Gasteiger partial charge in [-0.3, -0.25) is 4.98 Å². The van der Waals surface area contributed by atoms with E-state index in [9.17, 15) is 13.2 Å². The normalized spacial score (nSPS) is 19.6. The standard InChI is InChI=1S/C16H19F3N4/c1-10(2)13-9-23(7-6-20-13)14-8-21-12-5-3-4-11(15(12)22-14)16(17,18)19/h3-5,8,10,13,20H,6-7,9H2,1-2H3/t13-/m0/s1. The summed E-state index contributed by atoms with van der Waals surface area (Å²) in [7, 11) is 0. The summed E-state index contributed by atoms with van der Waals surface area (Å²) in [6.45, 7) is 6.44. The van der Waals surface area contributed by atoms with Gasteiger partial charge in [-0.05, 0) is 18.1 Å². The molecule has 1 fully saturated rings. The Morgan fingerprint density at radius 3 is 2.78 bits per heavy atom. The van der Waals surface area contributed by atoms with Crippen LogP contribution in [0.25, 0.3) is 11.0 Å². The van der Waals surface area contributed by atoms with Crippen molar-refractivity contribution in [2.45, 2.75) is 26.1 Å². The highest BCUT2D eigenvalue weighted by molar-refractivity contribution is 5.79. The topological polar surface area (TPSA) is 41.1 Å². The summed E-state index contributed by atoms with van der Waals surface area (Å²) in [6.07, 6.45) is -2.87. The Hall–Kier alpha value is -1.89. The molecule has 0 bridgehead atoms. The SMILES string of the molecule is CC(C)[C@@H]1CN(c2cnc3cccc(C(F)(F)F)c3n2)CCN1.